The third-order valence-corrected chi connectivity index (χ3v) is 5.02. The Kier molecular flexibility index (Phi) is 2.93. The molecule has 1 unspecified atom stereocenters. The van der Waals surface area contributed by atoms with Gasteiger partial charge in [0.1, 0.15) is 5.82 Å². The van der Waals surface area contributed by atoms with Crippen LogP contribution in [0.4, 0.5) is 5.82 Å². The quantitative estimate of drug-likeness (QED) is 0.916. The van der Waals surface area contributed by atoms with Crippen molar-refractivity contribution in [3.8, 4) is 0 Å². The molecule has 2 heterocycles. The number of nitrogens with zero attached hydrogens (tertiary/aromatic N) is 3. The van der Waals surface area contributed by atoms with Crippen LogP contribution in [-0.4, -0.2) is 28.2 Å². The van der Waals surface area contributed by atoms with Gasteiger partial charge in [-0.05, 0) is 49.1 Å². The molecule has 2 aliphatic rings. The molecule has 4 rings (SSSR count). The predicted octanol–water partition coefficient (Wildman–Crippen LogP) is 2.15. The molecule has 1 aromatic heterocycles. The lowest BCUT2D eigenvalue weighted by Crippen LogP contribution is -2.29. The van der Waals surface area contributed by atoms with Crippen LogP contribution in [0.2, 0.25) is 0 Å². The molecule has 1 aromatic carbocycles. The maximum absolute atomic E-state index is 5.60. The number of hydrogen-bond acceptors (Lipinski definition) is 4. The summed E-state index contributed by atoms with van der Waals surface area (Å²) in [5.74, 6) is 0.487. The summed E-state index contributed by atoms with van der Waals surface area (Å²) < 4.78 is 0. The Bertz CT molecular complexity index is 652. The Hall–Kier alpha value is -1.94. The largest absolute Gasteiger partial charge is 0.382 e. The molecule has 1 atom stereocenters. The minimum absolute atomic E-state index is 0.373. The molecule has 0 saturated carbocycles. The lowest BCUT2D eigenvalue weighted by atomic mass is 9.81. The van der Waals surface area contributed by atoms with Gasteiger partial charge in [0.05, 0.1) is 5.69 Å². The van der Waals surface area contributed by atoms with E-state index in [9.17, 15) is 0 Å². The second-order valence-electron chi connectivity index (χ2n) is 6.35. The highest BCUT2D eigenvalue weighted by Gasteiger charge is 2.43. The minimum atomic E-state index is 0.373. The van der Waals surface area contributed by atoms with Crippen LogP contribution in [0.15, 0.2) is 36.4 Å². The normalized spacial score (nSPS) is 24.6. The number of fused-ring (bicyclic) bond motifs is 2. The van der Waals surface area contributed by atoms with Gasteiger partial charge in [0.15, 0.2) is 0 Å². The average Bonchev–Trinajstić information content (AvgIpc) is 3.08. The van der Waals surface area contributed by atoms with Crippen molar-refractivity contribution in [1.82, 2.24) is 15.1 Å². The summed E-state index contributed by atoms with van der Waals surface area (Å²) in [6.45, 7) is 3.15. The van der Waals surface area contributed by atoms with Gasteiger partial charge >= 0.3 is 0 Å². The highest BCUT2D eigenvalue weighted by atomic mass is 15.2. The Balaban J connectivity index is 1.52. The molecule has 1 spiro atoms. The van der Waals surface area contributed by atoms with Crippen LogP contribution in [0.25, 0.3) is 0 Å². The summed E-state index contributed by atoms with van der Waals surface area (Å²) in [4.78, 5) is 2.50. The lowest BCUT2D eigenvalue weighted by molar-refractivity contribution is 0.297. The third-order valence-electron chi connectivity index (χ3n) is 5.02. The van der Waals surface area contributed by atoms with Crippen molar-refractivity contribution in [1.29, 1.82) is 0 Å². The zero-order chi connectivity index (χ0) is 14.3. The molecule has 1 fully saturated rings. The van der Waals surface area contributed by atoms with E-state index in [0.29, 0.717) is 11.2 Å². The van der Waals surface area contributed by atoms with Crippen molar-refractivity contribution in [2.45, 2.75) is 31.2 Å². The van der Waals surface area contributed by atoms with E-state index < -0.39 is 0 Å². The SMILES string of the molecule is Nc1ccc(CN2CCC3(CCc4ccccc43)C2)nn1. The van der Waals surface area contributed by atoms with Crippen LogP contribution in [0.3, 0.4) is 0 Å². The van der Waals surface area contributed by atoms with Gasteiger partial charge < -0.3 is 5.73 Å². The minimum Gasteiger partial charge on any atom is -0.382 e. The molecule has 21 heavy (non-hydrogen) atoms. The number of anilines is 1. The molecule has 1 saturated heterocycles. The van der Waals surface area contributed by atoms with Crippen LogP contribution in [0.1, 0.15) is 29.7 Å². The Morgan fingerprint density at radius 3 is 2.86 bits per heavy atom. The van der Waals surface area contributed by atoms with Crippen molar-refractivity contribution in [2.75, 3.05) is 18.8 Å². The lowest BCUT2D eigenvalue weighted by Gasteiger charge is -2.25. The summed E-state index contributed by atoms with van der Waals surface area (Å²) in [7, 11) is 0. The summed E-state index contributed by atoms with van der Waals surface area (Å²) in [6, 6.07) is 12.8. The van der Waals surface area contributed by atoms with E-state index in [0.717, 1.165) is 25.3 Å². The van der Waals surface area contributed by atoms with Crippen LogP contribution < -0.4 is 5.73 Å². The summed E-state index contributed by atoms with van der Waals surface area (Å²) in [5, 5.41) is 8.13. The van der Waals surface area contributed by atoms with E-state index in [4.69, 9.17) is 5.73 Å². The second kappa shape index (κ2) is 4.81. The molecule has 0 bridgehead atoms. The summed E-state index contributed by atoms with van der Waals surface area (Å²) >= 11 is 0. The first kappa shape index (κ1) is 12.8. The second-order valence-corrected chi connectivity index (χ2v) is 6.35. The molecular weight excluding hydrogens is 260 g/mol. The summed E-state index contributed by atoms with van der Waals surface area (Å²) in [6.07, 6.45) is 3.77. The van der Waals surface area contributed by atoms with Gasteiger partial charge in [-0.1, -0.05) is 24.3 Å². The molecule has 108 valence electrons. The van der Waals surface area contributed by atoms with Gasteiger partial charge in [-0.2, -0.15) is 5.10 Å². The van der Waals surface area contributed by atoms with Gasteiger partial charge in [0.25, 0.3) is 0 Å². The highest BCUT2D eigenvalue weighted by Crippen LogP contribution is 2.45. The van der Waals surface area contributed by atoms with Gasteiger partial charge in [-0.25, -0.2) is 0 Å². The van der Waals surface area contributed by atoms with Gasteiger partial charge in [0, 0.05) is 18.5 Å². The van der Waals surface area contributed by atoms with E-state index in [-0.39, 0.29) is 0 Å². The fourth-order valence-corrected chi connectivity index (χ4v) is 3.97. The van der Waals surface area contributed by atoms with Crippen molar-refractivity contribution < 1.29 is 0 Å². The predicted molar refractivity (Wildman–Crippen MR) is 82.8 cm³/mol. The van der Waals surface area contributed by atoms with Crippen LogP contribution in [0.5, 0.6) is 0 Å². The highest BCUT2D eigenvalue weighted by molar-refractivity contribution is 5.40. The fourth-order valence-electron chi connectivity index (χ4n) is 3.97. The molecule has 0 amide bonds. The maximum Gasteiger partial charge on any atom is 0.146 e. The first-order chi connectivity index (χ1) is 10.3. The Labute approximate surface area is 125 Å². The molecule has 2 aromatic rings. The molecule has 4 heteroatoms. The van der Waals surface area contributed by atoms with Crippen molar-refractivity contribution in [3.05, 3.63) is 53.2 Å². The van der Waals surface area contributed by atoms with E-state index in [1.165, 1.54) is 19.3 Å². The number of nitrogens with two attached hydrogens (primary N) is 1. The molecular formula is C17H20N4. The first-order valence-electron chi connectivity index (χ1n) is 7.64. The standard InChI is InChI=1S/C17H20N4/c18-16-6-5-14(19-20-16)11-21-10-9-17(12-21)8-7-13-3-1-2-4-15(13)17/h1-6H,7-12H2,(H2,18,20). The van der Waals surface area contributed by atoms with Crippen molar-refractivity contribution in [2.24, 2.45) is 0 Å². The Morgan fingerprint density at radius 1 is 1.10 bits per heavy atom. The number of likely N-dealkylation sites (tertiary alicyclic amines) is 1. The number of benzene rings is 1. The molecule has 0 radical (unpaired) electrons. The molecule has 2 N–H and O–H groups in total. The molecule has 1 aliphatic heterocycles. The van der Waals surface area contributed by atoms with Crippen molar-refractivity contribution in [3.63, 3.8) is 0 Å². The topological polar surface area (TPSA) is 55.0 Å². The zero-order valence-electron chi connectivity index (χ0n) is 12.1. The van der Waals surface area contributed by atoms with Crippen LogP contribution >= 0.6 is 0 Å². The van der Waals surface area contributed by atoms with Crippen molar-refractivity contribution >= 4 is 5.82 Å². The Morgan fingerprint density at radius 2 is 2.00 bits per heavy atom. The molecule has 1 aliphatic carbocycles. The van der Waals surface area contributed by atoms with Crippen LogP contribution in [-0.2, 0) is 18.4 Å². The van der Waals surface area contributed by atoms with E-state index in [1.807, 2.05) is 12.1 Å². The van der Waals surface area contributed by atoms with E-state index in [1.54, 1.807) is 11.1 Å². The van der Waals surface area contributed by atoms with Crippen LogP contribution in [0, 0.1) is 0 Å². The van der Waals surface area contributed by atoms with E-state index >= 15 is 0 Å². The maximum atomic E-state index is 5.60. The van der Waals surface area contributed by atoms with Gasteiger partial charge in [-0.3, -0.25) is 4.90 Å². The zero-order valence-corrected chi connectivity index (χ0v) is 12.1. The molecule has 4 nitrogen and oxygen atoms in total. The number of hydrogen-bond donors (Lipinski definition) is 1. The van der Waals surface area contributed by atoms with E-state index in [2.05, 4.69) is 39.4 Å². The number of rotatable bonds is 2. The van der Waals surface area contributed by atoms with Gasteiger partial charge in [-0.15, -0.1) is 5.10 Å². The number of nitrogen functional groups attached to an aromatic ring is 1. The van der Waals surface area contributed by atoms with Gasteiger partial charge in [0.2, 0.25) is 0 Å². The first-order valence-corrected chi connectivity index (χ1v) is 7.64. The number of aryl methyl sites for hydroxylation is 1. The monoisotopic (exact) mass is 280 g/mol. The summed E-state index contributed by atoms with van der Waals surface area (Å²) in [5.41, 5.74) is 10.1. The third kappa shape index (κ3) is 2.20. The number of aromatic nitrogens is 2. The smallest absolute Gasteiger partial charge is 0.146 e. The average molecular weight is 280 g/mol. The fraction of sp³-hybridized carbons (Fsp3) is 0.412.